The molecule has 0 spiro atoms. The minimum Gasteiger partial charge on any atom is -0.465 e. The molecule has 0 amide bonds. The van der Waals surface area contributed by atoms with Gasteiger partial charge in [-0.15, -0.1) is 0 Å². The van der Waals surface area contributed by atoms with Crippen LogP contribution in [0.2, 0.25) is 0 Å². The largest absolute Gasteiger partial charge is 0.465 e. The van der Waals surface area contributed by atoms with E-state index in [9.17, 15) is 4.79 Å². The van der Waals surface area contributed by atoms with Gasteiger partial charge in [-0.3, -0.25) is 4.79 Å². The number of hydrogen-bond donors (Lipinski definition) is 1. The lowest BCUT2D eigenvalue weighted by Crippen LogP contribution is -2.05. The van der Waals surface area contributed by atoms with E-state index in [1.54, 1.807) is 0 Å². The number of rotatable bonds is 1. The molecule has 1 fully saturated rings. The van der Waals surface area contributed by atoms with Crippen LogP contribution >= 0.6 is 0 Å². The molecule has 3 nitrogen and oxygen atoms in total. The molecular formula is C10H13NO2. The molecule has 1 aliphatic heterocycles. The molecular weight excluding hydrogens is 166 g/mol. The van der Waals surface area contributed by atoms with Crippen molar-refractivity contribution in [1.29, 1.82) is 0 Å². The standard InChI is InChI=1S/C10H13NO2/c1-6-5-9(11-7(6)2)8-3-4-13-10(8)12/h5,8,11H,3-4H2,1-2H3. The Labute approximate surface area is 77.1 Å². The number of hydrogen-bond acceptors (Lipinski definition) is 2. The maximum atomic E-state index is 11.3. The molecule has 2 rings (SSSR count). The van der Waals surface area contributed by atoms with Crippen molar-refractivity contribution in [2.45, 2.75) is 26.2 Å². The number of ether oxygens (including phenoxy) is 1. The van der Waals surface area contributed by atoms with Crippen LogP contribution in [0.4, 0.5) is 0 Å². The van der Waals surface area contributed by atoms with Gasteiger partial charge in [-0.05, 0) is 25.5 Å². The van der Waals surface area contributed by atoms with E-state index >= 15 is 0 Å². The van der Waals surface area contributed by atoms with E-state index in [0.717, 1.165) is 17.8 Å². The maximum Gasteiger partial charge on any atom is 0.315 e. The molecule has 2 heterocycles. The zero-order chi connectivity index (χ0) is 9.42. The molecule has 1 aromatic heterocycles. The van der Waals surface area contributed by atoms with Gasteiger partial charge in [0.2, 0.25) is 0 Å². The number of esters is 1. The molecule has 0 saturated carbocycles. The Kier molecular flexibility index (Phi) is 1.87. The molecule has 0 bridgehead atoms. The van der Waals surface area contributed by atoms with Crippen LogP contribution in [-0.4, -0.2) is 17.6 Å². The Morgan fingerprint density at radius 3 is 2.77 bits per heavy atom. The summed E-state index contributed by atoms with van der Waals surface area (Å²) in [4.78, 5) is 14.5. The van der Waals surface area contributed by atoms with Crippen molar-refractivity contribution >= 4 is 5.97 Å². The molecule has 70 valence electrons. The lowest BCUT2D eigenvalue weighted by molar-refractivity contribution is -0.139. The fourth-order valence-electron chi connectivity index (χ4n) is 1.66. The number of aromatic nitrogens is 1. The number of H-pyrrole nitrogens is 1. The van der Waals surface area contributed by atoms with Gasteiger partial charge in [0, 0.05) is 17.8 Å². The lowest BCUT2D eigenvalue weighted by atomic mass is 10.0. The number of carbonyl (C=O) groups excluding carboxylic acids is 1. The molecule has 3 heteroatoms. The van der Waals surface area contributed by atoms with Crippen LogP contribution in [-0.2, 0) is 9.53 Å². The summed E-state index contributed by atoms with van der Waals surface area (Å²) in [7, 11) is 0. The third kappa shape index (κ3) is 1.34. The van der Waals surface area contributed by atoms with E-state index in [1.165, 1.54) is 5.56 Å². The molecule has 0 aromatic carbocycles. The highest BCUT2D eigenvalue weighted by molar-refractivity contribution is 5.79. The molecule has 1 unspecified atom stereocenters. The highest BCUT2D eigenvalue weighted by Gasteiger charge is 2.29. The zero-order valence-corrected chi connectivity index (χ0v) is 7.89. The maximum absolute atomic E-state index is 11.3. The second kappa shape index (κ2) is 2.91. The van der Waals surface area contributed by atoms with Crippen LogP contribution in [0.15, 0.2) is 6.07 Å². The van der Waals surface area contributed by atoms with Gasteiger partial charge in [-0.25, -0.2) is 0 Å². The monoisotopic (exact) mass is 179 g/mol. The van der Waals surface area contributed by atoms with E-state index in [1.807, 2.05) is 19.9 Å². The number of aryl methyl sites for hydroxylation is 2. The van der Waals surface area contributed by atoms with E-state index in [-0.39, 0.29) is 11.9 Å². The van der Waals surface area contributed by atoms with Crippen molar-refractivity contribution in [2.24, 2.45) is 0 Å². The second-order valence-corrected chi connectivity index (χ2v) is 3.54. The Bertz CT molecular complexity index is 321. The van der Waals surface area contributed by atoms with Crippen LogP contribution in [0.1, 0.15) is 29.3 Å². The normalized spacial score (nSPS) is 22.0. The topological polar surface area (TPSA) is 42.1 Å². The SMILES string of the molecule is Cc1cc(C2CCOC2=O)[nH]c1C. The van der Waals surface area contributed by atoms with Crippen molar-refractivity contribution in [3.8, 4) is 0 Å². The first-order valence-corrected chi connectivity index (χ1v) is 4.51. The van der Waals surface area contributed by atoms with Gasteiger partial charge >= 0.3 is 5.97 Å². The van der Waals surface area contributed by atoms with Gasteiger partial charge < -0.3 is 9.72 Å². The van der Waals surface area contributed by atoms with Crippen LogP contribution in [0.3, 0.4) is 0 Å². The van der Waals surface area contributed by atoms with E-state index in [2.05, 4.69) is 4.98 Å². The van der Waals surface area contributed by atoms with Gasteiger partial charge in [0.25, 0.3) is 0 Å². The van der Waals surface area contributed by atoms with Crippen molar-refractivity contribution < 1.29 is 9.53 Å². The summed E-state index contributed by atoms with van der Waals surface area (Å²) < 4.78 is 4.91. The minimum atomic E-state index is -0.0961. The Morgan fingerprint density at radius 2 is 2.31 bits per heavy atom. The van der Waals surface area contributed by atoms with Crippen molar-refractivity contribution in [2.75, 3.05) is 6.61 Å². The van der Waals surface area contributed by atoms with Gasteiger partial charge in [-0.1, -0.05) is 0 Å². The summed E-state index contributed by atoms with van der Waals surface area (Å²) in [5.74, 6) is -0.159. The first kappa shape index (κ1) is 8.35. The Morgan fingerprint density at radius 1 is 1.54 bits per heavy atom. The molecule has 1 N–H and O–H groups in total. The molecule has 1 saturated heterocycles. The minimum absolute atomic E-state index is 0.0626. The smallest absolute Gasteiger partial charge is 0.315 e. The summed E-state index contributed by atoms with van der Waals surface area (Å²) in [6.45, 7) is 4.61. The molecule has 0 radical (unpaired) electrons. The number of nitrogens with one attached hydrogen (secondary N) is 1. The third-order valence-electron chi connectivity index (χ3n) is 2.61. The molecule has 1 atom stereocenters. The van der Waals surface area contributed by atoms with Crippen molar-refractivity contribution in [3.63, 3.8) is 0 Å². The number of aromatic amines is 1. The first-order valence-electron chi connectivity index (χ1n) is 4.51. The zero-order valence-electron chi connectivity index (χ0n) is 7.89. The van der Waals surface area contributed by atoms with E-state index in [4.69, 9.17) is 4.74 Å². The van der Waals surface area contributed by atoms with E-state index in [0.29, 0.717) is 6.61 Å². The summed E-state index contributed by atoms with van der Waals surface area (Å²) in [6.07, 6.45) is 0.804. The second-order valence-electron chi connectivity index (χ2n) is 3.54. The average Bonchev–Trinajstić information content (AvgIpc) is 2.60. The third-order valence-corrected chi connectivity index (χ3v) is 2.61. The number of cyclic esters (lactones) is 1. The molecule has 1 aromatic rings. The quantitative estimate of drug-likeness (QED) is 0.666. The van der Waals surface area contributed by atoms with Gasteiger partial charge in [-0.2, -0.15) is 0 Å². The van der Waals surface area contributed by atoms with Gasteiger partial charge in [0.05, 0.1) is 6.61 Å². The summed E-state index contributed by atoms with van der Waals surface area (Å²) in [6, 6.07) is 2.03. The molecule has 0 aliphatic carbocycles. The Balaban J connectivity index is 2.29. The Hall–Kier alpha value is -1.25. The lowest BCUT2D eigenvalue weighted by Gasteiger charge is -2.00. The summed E-state index contributed by atoms with van der Waals surface area (Å²) >= 11 is 0. The van der Waals surface area contributed by atoms with Crippen LogP contribution in [0.5, 0.6) is 0 Å². The van der Waals surface area contributed by atoms with Crippen LogP contribution in [0.25, 0.3) is 0 Å². The van der Waals surface area contributed by atoms with Crippen LogP contribution in [0, 0.1) is 13.8 Å². The van der Waals surface area contributed by atoms with Crippen molar-refractivity contribution in [1.82, 2.24) is 4.98 Å². The highest BCUT2D eigenvalue weighted by Crippen LogP contribution is 2.26. The predicted molar refractivity (Wildman–Crippen MR) is 48.6 cm³/mol. The predicted octanol–water partition coefficient (Wildman–Crippen LogP) is 1.66. The fraction of sp³-hybridized carbons (Fsp3) is 0.500. The number of carbonyl (C=O) groups is 1. The van der Waals surface area contributed by atoms with Gasteiger partial charge in [0.15, 0.2) is 0 Å². The fourth-order valence-corrected chi connectivity index (χ4v) is 1.66. The molecule has 13 heavy (non-hydrogen) atoms. The highest BCUT2D eigenvalue weighted by atomic mass is 16.5. The summed E-state index contributed by atoms with van der Waals surface area (Å²) in [5.41, 5.74) is 3.34. The van der Waals surface area contributed by atoms with Crippen molar-refractivity contribution in [3.05, 3.63) is 23.0 Å². The van der Waals surface area contributed by atoms with Crippen LogP contribution < -0.4 is 0 Å². The van der Waals surface area contributed by atoms with E-state index < -0.39 is 0 Å². The average molecular weight is 179 g/mol. The molecule has 1 aliphatic rings. The first-order chi connectivity index (χ1) is 6.18. The van der Waals surface area contributed by atoms with Gasteiger partial charge in [0.1, 0.15) is 5.92 Å². The summed E-state index contributed by atoms with van der Waals surface area (Å²) in [5, 5.41) is 0.